The van der Waals surface area contributed by atoms with Gasteiger partial charge in [0.2, 0.25) is 11.8 Å². The van der Waals surface area contributed by atoms with Crippen molar-refractivity contribution in [2.45, 2.75) is 102 Å². The van der Waals surface area contributed by atoms with Gasteiger partial charge in [0.25, 0.3) is 0 Å². The molecule has 0 unspecified atom stereocenters. The summed E-state index contributed by atoms with van der Waals surface area (Å²) in [4.78, 5) is 55.3. The molecule has 13 nitrogen and oxygen atoms in total. The van der Waals surface area contributed by atoms with E-state index < -0.39 is 65.7 Å². The number of carbonyl (C=O) groups is 4. The molecule has 2 fully saturated rings. The number of esters is 1. The fourth-order valence-corrected chi connectivity index (χ4v) is 6.78. The van der Waals surface area contributed by atoms with E-state index in [0.717, 1.165) is 11.1 Å². The number of allylic oxidation sites excluding steroid dienone is 3. The van der Waals surface area contributed by atoms with Crippen LogP contribution in [-0.2, 0) is 39.8 Å². The second-order valence-corrected chi connectivity index (χ2v) is 13.6. The average Bonchev–Trinajstić information content (AvgIpc) is 3.76. The molecule has 0 aromatic heterocycles. The van der Waals surface area contributed by atoms with Crippen LogP contribution < -0.4 is 15.0 Å². The minimum atomic E-state index is -1.82. The summed E-state index contributed by atoms with van der Waals surface area (Å²) in [6, 6.07) is 2.64. The summed E-state index contributed by atoms with van der Waals surface area (Å²) in [7, 11) is 6.01. The quantitative estimate of drug-likeness (QED) is 0.329. The first-order valence-electron chi connectivity index (χ1n) is 16.3. The number of ether oxygens (including phenoxy) is 5. The fraction of sp³-hybridized carbons (Fsp3) is 0.600. The maximum Gasteiger partial charge on any atom is 0.409 e. The Morgan fingerprint density at radius 3 is 2.59 bits per heavy atom. The molecule has 0 radical (unpaired) electrons. The van der Waals surface area contributed by atoms with Gasteiger partial charge in [-0.05, 0) is 44.9 Å². The number of nitrogens with zero attached hydrogens (tertiary/aromatic N) is 2. The summed E-state index contributed by atoms with van der Waals surface area (Å²) < 4.78 is 29.0. The van der Waals surface area contributed by atoms with Gasteiger partial charge >= 0.3 is 12.1 Å². The molecular formula is C35H48ClN3O10. The Bertz CT molecular complexity index is 1520. The molecule has 4 rings (SSSR count). The number of halogens is 1. The molecule has 0 saturated carbocycles. The van der Waals surface area contributed by atoms with Crippen molar-refractivity contribution < 1.29 is 48.0 Å². The Hall–Kier alpha value is -3.65. The van der Waals surface area contributed by atoms with Crippen LogP contribution in [0.3, 0.4) is 0 Å². The van der Waals surface area contributed by atoms with Gasteiger partial charge in [-0.3, -0.25) is 14.9 Å². The number of methoxy groups -OCH3 is 2. The molecule has 49 heavy (non-hydrogen) atoms. The zero-order valence-electron chi connectivity index (χ0n) is 29.6. The van der Waals surface area contributed by atoms with Crippen molar-refractivity contribution in [2.24, 2.45) is 5.92 Å². The van der Waals surface area contributed by atoms with Crippen LogP contribution in [0.2, 0.25) is 5.02 Å². The third kappa shape index (κ3) is 8.06. The van der Waals surface area contributed by atoms with Gasteiger partial charge in [0.05, 0.1) is 25.3 Å². The molecule has 2 saturated heterocycles. The standard InChI is InChI=1S/C35H48ClN3O10/c1-10-28(40)38(6)21(4)32(42)48-27-17-29(41)39(7)23-15-22(16-24(45-8)30(23)36)14-19(2)12-11-13-26(46-9)35(44)18-25(47-33(43)37-35)20(3)31-34(27,5)49-31/h11-13,15-16,20-21,25-27,31,44H,10,14,17-18H2,1-9H3,(H,37,43)/t20-,21+,25-,26+,27-,31-,34+,35+/m1/s1. The molecule has 0 aliphatic carbocycles. The van der Waals surface area contributed by atoms with Crippen LogP contribution in [0.25, 0.3) is 0 Å². The van der Waals surface area contributed by atoms with Crippen LogP contribution >= 0.6 is 11.6 Å². The van der Waals surface area contributed by atoms with Gasteiger partial charge in [0, 0.05) is 40.0 Å². The Labute approximate surface area is 292 Å². The van der Waals surface area contributed by atoms with Gasteiger partial charge in [-0.15, -0.1) is 0 Å². The van der Waals surface area contributed by atoms with E-state index in [0.29, 0.717) is 17.9 Å². The van der Waals surface area contributed by atoms with Crippen LogP contribution in [0.5, 0.6) is 5.75 Å². The van der Waals surface area contributed by atoms with Crippen LogP contribution in [-0.4, -0.2) is 104 Å². The number of carbonyl (C=O) groups excluding carboxylic acids is 4. The lowest BCUT2D eigenvalue weighted by Crippen LogP contribution is -2.63. The maximum atomic E-state index is 14.0. The van der Waals surface area contributed by atoms with Gasteiger partial charge < -0.3 is 38.6 Å². The number of anilines is 1. The Balaban J connectivity index is 1.79. The van der Waals surface area contributed by atoms with Crippen molar-refractivity contribution in [1.29, 1.82) is 0 Å². The van der Waals surface area contributed by atoms with Crippen LogP contribution in [0, 0.1) is 5.92 Å². The predicted molar refractivity (Wildman–Crippen MR) is 181 cm³/mol. The number of aliphatic hydroxyl groups is 1. The monoisotopic (exact) mass is 705 g/mol. The zero-order valence-corrected chi connectivity index (χ0v) is 30.3. The molecule has 2 N–H and O–H groups in total. The first-order valence-corrected chi connectivity index (χ1v) is 16.7. The molecule has 3 amide bonds. The molecule has 1 aromatic rings. The number of nitrogens with one attached hydrogen (secondary N) is 1. The lowest BCUT2D eigenvalue weighted by Gasteiger charge is -2.42. The lowest BCUT2D eigenvalue weighted by molar-refractivity contribution is -0.162. The molecule has 1 aromatic carbocycles. The SMILES string of the molecule is CCC(=O)N(C)[C@@H](C)C(=O)O[C@@H]1CC(=O)N(C)c2cc(cc(OC)c2Cl)CC(C)=CC=C[C@H](OC)[C@@]2(O)C[C@@H](OC(=O)N2)[C@@H](C)[C@H]2O[C@]21C. The van der Waals surface area contributed by atoms with E-state index in [-0.39, 0.29) is 30.2 Å². The Morgan fingerprint density at radius 1 is 1.27 bits per heavy atom. The summed E-state index contributed by atoms with van der Waals surface area (Å²) in [5.74, 6) is -1.53. The maximum absolute atomic E-state index is 14.0. The van der Waals surface area contributed by atoms with Crippen molar-refractivity contribution in [2.75, 3.05) is 33.2 Å². The number of amides is 3. The van der Waals surface area contributed by atoms with E-state index in [1.54, 1.807) is 59.0 Å². The minimum Gasteiger partial charge on any atom is -0.495 e. The minimum absolute atomic E-state index is 0.0431. The summed E-state index contributed by atoms with van der Waals surface area (Å²) in [6.07, 6.45) is 1.22. The molecule has 3 aliphatic rings. The highest BCUT2D eigenvalue weighted by atomic mass is 35.5. The summed E-state index contributed by atoms with van der Waals surface area (Å²) >= 11 is 6.72. The first-order chi connectivity index (χ1) is 23.0. The molecule has 14 heteroatoms. The highest BCUT2D eigenvalue weighted by molar-refractivity contribution is 6.35. The second kappa shape index (κ2) is 15.1. The molecule has 4 bridgehead atoms. The number of hydrogen-bond acceptors (Lipinski definition) is 10. The summed E-state index contributed by atoms with van der Waals surface area (Å²) in [5.41, 5.74) is -0.870. The average molecular weight is 706 g/mol. The smallest absolute Gasteiger partial charge is 0.409 e. The Kier molecular flexibility index (Phi) is 11.7. The molecular weight excluding hydrogens is 658 g/mol. The van der Waals surface area contributed by atoms with E-state index in [2.05, 4.69) is 5.32 Å². The number of fused-ring (bicyclic) bond motifs is 5. The second-order valence-electron chi connectivity index (χ2n) is 13.3. The number of epoxide rings is 1. The normalized spacial score (nSPS) is 31.0. The van der Waals surface area contributed by atoms with E-state index >= 15 is 0 Å². The number of benzene rings is 1. The molecule has 0 spiro atoms. The number of rotatable bonds is 6. The van der Waals surface area contributed by atoms with Crippen molar-refractivity contribution in [3.05, 3.63) is 46.5 Å². The third-order valence-corrected chi connectivity index (χ3v) is 10.2. The predicted octanol–water partition coefficient (Wildman–Crippen LogP) is 3.92. The van der Waals surface area contributed by atoms with E-state index in [4.69, 9.17) is 35.3 Å². The fourth-order valence-electron chi connectivity index (χ4n) is 6.47. The van der Waals surface area contributed by atoms with Crippen molar-refractivity contribution in [3.63, 3.8) is 0 Å². The van der Waals surface area contributed by atoms with Gasteiger partial charge in [-0.2, -0.15) is 0 Å². The Morgan fingerprint density at radius 2 is 1.96 bits per heavy atom. The topological polar surface area (TPSA) is 156 Å². The van der Waals surface area contributed by atoms with Crippen LogP contribution in [0.4, 0.5) is 10.5 Å². The van der Waals surface area contributed by atoms with Gasteiger partial charge in [0.1, 0.15) is 40.7 Å². The highest BCUT2D eigenvalue weighted by Crippen LogP contribution is 2.49. The highest BCUT2D eigenvalue weighted by Gasteiger charge is 2.64. The van der Waals surface area contributed by atoms with Crippen molar-refractivity contribution in [3.8, 4) is 5.75 Å². The molecule has 8 atom stereocenters. The van der Waals surface area contributed by atoms with E-state index in [1.165, 1.54) is 31.1 Å². The van der Waals surface area contributed by atoms with Crippen molar-refractivity contribution >= 4 is 41.2 Å². The molecule has 3 aliphatic heterocycles. The third-order valence-electron chi connectivity index (χ3n) is 9.83. The molecule has 3 heterocycles. The van der Waals surface area contributed by atoms with Crippen LogP contribution in [0.1, 0.15) is 59.4 Å². The largest absolute Gasteiger partial charge is 0.495 e. The van der Waals surface area contributed by atoms with Crippen LogP contribution in [0.15, 0.2) is 35.9 Å². The van der Waals surface area contributed by atoms with Gasteiger partial charge in [-0.25, -0.2) is 9.59 Å². The molecule has 270 valence electrons. The number of alkyl carbamates (subject to hydrolysis) is 1. The number of likely N-dealkylation sites (N-methyl/N-ethyl adjacent to an activating group) is 1. The van der Waals surface area contributed by atoms with E-state index in [9.17, 15) is 24.3 Å². The summed E-state index contributed by atoms with van der Waals surface area (Å²) in [5, 5.41) is 14.4. The van der Waals surface area contributed by atoms with Crippen molar-refractivity contribution in [1.82, 2.24) is 10.2 Å². The zero-order chi connectivity index (χ0) is 36.4. The number of hydrogen-bond donors (Lipinski definition) is 2. The first kappa shape index (κ1) is 38.2. The summed E-state index contributed by atoms with van der Waals surface area (Å²) in [6.45, 7) is 8.68. The van der Waals surface area contributed by atoms with Gasteiger partial charge in [-0.1, -0.05) is 49.2 Å². The van der Waals surface area contributed by atoms with E-state index in [1.807, 2.05) is 13.0 Å². The van der Waals surface area contributed by atoms with Gasteiger partial charge in [0.15, 0.2) is 5.72 Å². The lowest BCUT2D eigenvalue weighted by atomic mass is 9.83.